The molecule has 1 heterocycles. The van der Waals surface area contributed by atoms with Crippen molar-refractivity contribution in [2.24, 2.45) is 0 Å². The summed E-state index contributed by atoms with van der Waals surface area (Å²) >= 11 is 0. The lowest BCUT2D eigenvalue weighted by atomic mass is 10.1. The number of nitro groups is 1. The summed E-state index contributed by atoms with van der Waals surface area (Å²) in [6.45, 7) is 0.394. The van der Waals surface area contributed by atoms with Crippen molar-refractivity contribution in [3.63, 3.8) is 0 Å². The lowest BCUT2D eigenvalue weighted by Crippen LogP contribution is -1.96. The fourth-order valence-corrected chi connectivity index (χ4v) is 2.11. The fraction of sp³-hybridized carbons (Fsp3) is 0.0625. The number of nitro benzene ring substituents is 1. The average molecular weight is 295 g/mol. The number of aromatic nitrogens is 2. The van der Waals surface area contributed by atoms with Crippen molar-refractivity contribution < 1.29 is 9.66 Å². The van der Waals surface area contributed by atoms with E-state index >= 15 is 0 Å². The summed E-state index contributed by atoms with van der Waals surface area (Å²) in [6, 6.07) is 16.1. The number of aromatic amines is 1. The van der Waals surface area contributed by atoms with Crippen LogP contribution in [0.25, 0.3) is 11.1 Å². The van der Waals surface area contributed by atoms with E-state index in [2.05, 4.69) is 10.2 Å². The second-order valence-electron chi connectivity index (χ2n) is 4.69. The molecule has 0 amide bonds. The van der Waals surface area contributed by atoms with Gasteiger partial charge in [0.1, 0.15) is 6.61 Å². The highest BCUT2D eigenvalue weighted by Gasteiger charge is 2.13. The van der Waals surface area contributed by atoms with Gasteiger partial charge in [0, 0.05) is 12.1 Å². The molecule has 6 heteroatoms. The summed E-state index contributed by atoms with van der Waals surface area (Å²) in [5.41, 5.74) is 2.44. The van der Waals surface area contributed by atoms with Crippen molar-refractivity contribution in [1.29, 1.82) is 0 Å². The van der Waals surface area contributed by atoms with Crippen LogP contribution in [0.3, 0.4) is 0 Å². The van der Waals surface area contributed by atoms with Crippen LogP contribution in [0.2, 0.25) is 0 Å². The van der Waals surface area contributed by atoms with Gasteiger partial charge in [-0.15, -0.1) is 0 Å². The second kappa shape index (κ2) is 6.09. The summed E-state index contributed by atoms with van der Waals surface area (Å²) < 4.78 is 5.73. The Balaban J connectivity index is 1.83. The third kappa shape index (κ3) is 2.95. The Bertz CT molecular complexity index is 784. The molecular formula is C16H13N3O3. The van der Waals surface area contributed by atoms with Gasteiger partial charge in [-0.05, 0) is 11.1 Å². The van der Waals surface area contributed by atoms with E-state index in [0.717, 1.165) is 5.56 Å². The van der Waals surface area contributed by atoms with E-state index in [4.69, 9.17) is 4.74 Å². The highest BCUT2D eigenvalue weighted by atomic mass is 16.6. The molecule has 0 atom stereocenters. The molecule has 3 aromatic rings. The Morgan fingerprint density at radius 1 is 1.14 bits per heavy atom. The second-order valence-corrected chi connectivity index (χ2v) is 4.69. The van der Waals surface area contributed by atoms with Gasteiger partial charge >= 0.3 is 0 Å². The smallest absolute Gasteiger partial charge is 0.270 e. The Labute approximate surface area is 126 Å². The van der Waals surface area contributed by atoms with Crippen LogP contribution in [0.4, 0.5) is 5.69 Å². The third-order valence-corrected chi connectivity index (χ3v) is 3.20. The summed E-state index contributed by atoms with van der Waals surface area (Å²) in [5.74, 6) is 0.490. The van der Waals surface area contributed by atoms with Crippen molar-refractivity contribution in [3.05, 3.63) is 76.5 Å². The highest BCUT2D eigenvalue weighted by molar-refractivity contribution is 5.69. The molecule has 0 saturated heterocycles. The maximum atomic E-state index is 10.9. The van der Waals surface area contributed by atoms with Crippen molar-refractivity contribution in [3.8, 4) is 17.0 Å². The average Bonchev–Trinajstić information content (AvgIpc) is 3.02. The van der Waals surface area contributed by atoms with Crippen LogP contribution in [-0.4, -0.2) is 15.1 Å². The van der Waals surface area contributed by atoms with Crippen molar-refractivity contribution >= 4 is 5.69 Å². The third-order valence-electron chi connectivity index (χ3n) is 3.20. The van der Waals surface area contributed by atoms with Gasteiger partial charge in [-0.1, -0.05) is 42.5 Å². The van der Waals surface area contributed by atoms with Crippen LogP contribution in [0.5, 0.6) is 5.88 Å². The van der Waals surface area contributed by atoms with Gasteiger partial charge in [-0.25, -0.2) is 5.10 Å². The van der Waals surface area contributed by atoms with Gasteiger partial charge in [0.2, 0.25) is 5.88 Å². The van der Waals surface area contributed by atoms with E-state index in [-0.39, 0.29) is 5.69 Å². The van der Waals surface area contributed by atoms with E-state index in [9.17, 15) is 10.1 Å². The summed E-state index contributed by atoms with van der Waals surface area (Å²) in [5, 5.41) is 17.6. The standard InChI is InChI=1S/C16H13N3O3/c20-19(21)14-8-4-7-13(9-14)15-10-17-18-16(15)22-11-12-5-2-1-3-6-12/h1-10H,11H2,(H,17,18). The quantitative estimate of drug-likeness (QED) is 0.576. The van der Waals surface area contributed by atoms with Gasteiger partial charge in [0.25, 0.3) is 5.69 Å². The largest absolute Gasteiger partial charge is 0.473 e. The molecule has 0 aliphatic carbocycles. The lowest BCUT2D eigenvalue weighted by molar-refractivity contribution is -0.384. The van der Waals surface area contributed by atoms with Crippen LogP contribution in [-0.2, 0) is 6.61 Å². The van der Waals surface area contributed by atoms with E-state index < -0.39 is 4.92 Å². The molecule has 0 bridgehead atoms. The lowest BCUT2D eigenvalue weighted by Gasteiger charge is -2.06. The van der Waals surface area contributed by atoms with Crippen LogP contribution >= 0.6 is 0 Å². The zero-order valence-electron chi connectivity index (χ0n) is 11.6. The molecule has 0 aliphatic rings. The maximum Gasteiger partial charge on any atom is 0.270 e. The van der Waals surface area contributed by atoms with Gasteiger partial charge < -0.3 is 4.74 Å². The summed E-state index contributed by atoms with van der Waals surface area (Å²) in [6.07, 6.45) is 1.60. The molecule has 22 heavy (non-hydrogen) atoms. The first-order valence-electron chi connectivity index (χ1n) is 6.69. The molecule has 3 rings (SSSR count). The summed E-state index contributed by atoms with van der Waals surface area (Å²) in [4.78, 5) is 10.4. The monoisotopic (exact) mass is 295 g/mol. The van der Waals surface area contributed by atoms with E-state index in [1.165, 1.54) is 12.1 Å². The van der Waals surface area contributed by atoms with Crippen LogP contribution in [0, 0.1) is 10.1 Å². The molecule has 110 valence electrons. The van der Waals surface area contributed by atoms with Gasteiger partial charge in [-0.3, -0.25) is 10.1 Å². The molecule has 0 spiro atoms. The zero-order chi connectivity index (χ0) is 15.4. The Morgan fingerprint density at radius 3 is 2.73 bits per heavy atom. The first-order valence-corrected chi connectivity index (χ1v) is 6.69. The number of nitrogens with zero attached hydrogens (tertiary/aromatic N) is 2. The van der Waals surface area contributed by atoms with Gasteiger partial charge in [0.05, 0.1) is 16.7 Å². The molecule has 0 unspecified atom stereocenters. The van der Waals surface area contributed by atoms with Crippen LogP contribution in [0.1, 0.15) is 5.56 Å². The first-order chi connectivity index (χ1) is 10.7. The molecule has 1 aromatic heterocycles. The Hall–Kier alpha value is -3.15. The normalized spacial score (nSPS) is 10.4. The zero-order valence-corrected chi connectivity index (χ0v) is 11.6. The number of H-pyrrole nitrogens is 1. The number of ether oxygens (including phenoxy) is 1. The predicted molar refractivity (Wildman–Crippen MR) is 81.5 cm³/mol. The minimum Gasteiger partial charge on any atom is -0.473 e. The maximum absolute atomic E-state index is 10.9. The molecular weight excluding hydrogens is 282 g/mol. The number of non-ortho nitro benzene ring substituents is 1. The number of rotatable bonds is 5. The minimum atomic E-state index is -0.423. The van der Waals surface area contributed by atoms with E-state index in [1.807, 2.05) is 30.3 Å². The van der Waals surface area contributed by atoms with Gasteiger partial charge in [0.15, 0.2) is 0 Å². The Morgan fingerprint density at radius 2 is 1.95 bits per heavy atom. The number of hydrogen-bond donors (Lipinski definition) is 1. The molecule has 0 saturated carbocycles. The molecule has 0 fully saturated rings. The molecule has 1 N–H and O–H groups in total. The van der Waals surface area contributed by atoms with Crippen molar-refractivity contribution in [2.45, 2.75) is 6.61 Å². The number of hydrogen-bond acceptors (Lipinski definition) is 4. The van der Waals surface area contributed by atoms with Crippen molar-refractivity contribution in [2.75, 3.05) is 0 Å². The fourth-order valence-electron chi connectivity index (χ4n) is 2.11. The van der Waals surface area contributed by atoms with Crippen LogP contribution < -0.4 is 4.74 Å². The first kappa shape index (κ1) is 13.8. The van der Waals surface area contributed by atoms with Crippen LogP contribution in [0.15, 0.2) is 60.8 Å². The number of nitrogens with one attached hydrogen (secondary N) is 1. The van der Waals surface area contributed by atoms with Gasteiger partial charge in [-0.2, -0.15) is 5.10 Å². The topological polar surface area (TPSA) is 81.0 Å². The predicted octanol–water partition coefficient (Wildman–Crippen LogP) is 3.56. The highest BCUT2D eigenvalue weighted by Crippen LogP contribution is 2.30. The van der Waals surface area contributed by atoms with E-state index in [0.29, 0.717) is 23.6 Å². The molecule has 0 radical (unpaired) electrons. The molecule has 2 aromatic carbocycles. The number of benzene rings is 2. The minimum absolute atomic E-state index is 0.0349. The molecule has 6 nitrogen and oxygen atoms in total. The Kier molecular flexibility index (Phi) is 3.82. The SMILES string of the molecule is O=[N+]([O-])c1cccc(-c2cn[nH]c2OCc2ccccc2)c1. The molecule has 0 aliphatic heterocycles. The van der Waals surface area contributed by atoms with Crippen molar-refractivity contribution in [1.82, 2.24) is 10.2 Å². The van der Waals surface area contributed by atoms with E-state index in [1.54, 1.807) is 18.3 Å². The summed E-state index contributed by atoms with van der Waals surface area (Å²) in [7, 11) is 0.